The second-order valence-corrected chi connectivity index (χ2v) is 5.40. The van der Waals surface area contributed by atoms with Gasteiger partial charge in [-0.05, 0) is 19.0 Å². The molecule has 1 fully saturated rings. The molecule has 5 heteroatoms. The summed E-state index contributed by atoms with van der Waals surface area (Å²) >= 11 is 0. The first-order valence-corrected chi connectivity index (χ1v) is 7.53. The van der Waals surface area contributed by atoms with Crippen LogP contribution >= 0.6 is 0 Å². The largest absolute Gasteiger partial charge is 0.496 e. The molecule has 0 bridgehead atoms. The molecule has 5 nitrogen and oxygen atoms in total. The third-order valence-electron chi connectivity index (χ3n) is 3.86. The number of hydrogen-bond acceptors (Lipinski definition) is 3. The summed E-state index contributed by atoms with van der Waals surface area (Å²) in [5.41, 5.74) is 1.11. The molecule has 1 saturated heterocycles. The highest BCUT2D eigenvalue weighted by molar-refractivity contribution is 5.76. The van der Waals surface area contributed by atoms with Crippen molar-refractivity contribution >= 4 is 6.03 Å². The summed E-state index contributed by atoms with van der Waals surface area (Å²) in [6.07, 6.45) is 1.06. The Balaban J connectivity index is 2.16. The number of urea groups is 1. The minimum absolute atomic E-state index is 0.0940. The van der Waals surface area contributed by atoms with Crippen LogP contribution in [0.3, 0.4) is 0 Å². The molecule has 1 aliphatic rings. The molecule has 0 radical (unpaired) electrons. The SMILES string of the molecule is CCCNC(CN1CCN(C)C1=O)c1ccccc1OC. The summed E-state index contributed by atoms with van der Waals surface area (Å²) < 4.78 is 5.46. The zero-order valence-electron chi connectivity index (χ0n) is 13.1. The molecule has 1 unspecified atom stereocenters. The number of ether oxygens (including phenoxy) is 1. The summed E-state index contributed by atoms with van der Waals surface area (Å²) in [6.45, 7) is 5.31. The lowest BCUT2D eigenvalue weighted by molar-refractivity contribution is 0.193. The maximum Gasteiger partial charge on any atom is 0.319 e. The zero-order valence-corrected chi connectivity index (χ0v) is 13.1. The molecule has 116 valence electrons. The first-order chi connectivity index (χ1) is 10.2. The number of hydrogen-bond donors (Lipinski definition) is 1. The Bertz CT molecular complexity index is 478. The molecule has 0 aromatic heterocycles. The van der Waals surface area contributed by atoms with Crippen LogP contribution in [-0.2, 0) is 0 Å². The number of nitrogens with one attached hydrogen (secondary N) is 1. The van der Waals surface area contributed by atoms with Gasteiger partial charge in [-0.25, -0.2) is 4.79 Å². The molecule has 1 aromatic rings. The van der Waals surface area contributed by atoms with E-state index in [1.54, 1.807) is 12.0 Å². The molecular weight excluding hydrogens is 266 g/mol. The Kier molecular flexibility index (Phi) is 5.44. The standard InChI is InChI=1S/C16H25N3O2/c1-4-9-17-14(12-19-11-10-18(2)16(19)20)13-7-5-6-8-15(13)21-3/h5-8,14,17H,4,9-12H2,1-3H3. The van der Waals surface area contributed by atoms with Gasteiger partial charge in [-0.2, -0.15) is 0 Å². The molecule has 1 aromatic carbocycles. The van der Waals surface area contributed by atoms with E-state index in [-0.39, 0.29) is 12.1 Å². The first-order valence-electron chi connectivity index (χ1n) is 7.53. The van der Waals surface area contributed by atoms with Crippen molar-refractivity contribution in [2.24, 2.45) is 0 Å². The molecule has 2 amide bonds. The molecule has 1 N–H and O–H groups in total. The lowest BCUT2D eigenvalue weighted by Gasteiger charge is -2.26. The monoisotopic (exact) mass is 291 g/mol. The molecule has 1 heterocycles. The predicted molar refractivity (Wildman–Crippen MR) is 83.6 cm³/mol. The number of likely N-dealkylation sites (N-methyl/N-ethyl adjacent to an activating group) is 1. The average molecular weight is 291 g/mol. The molecule has 1 aliphatic heterocycles. The predicted octanol–water partition coefficient (Wildman–Crippen LogP) is 2.10. The van der Waals surface area contributed by atoms with E-state index in [9.17, 15) is 4.79 Å². The molecule has 21 heavy (non-hydrogen) atoms. The van der Waals surface area contributed by atoms with Crippen LogP contribution in [0.2, 0.25) is 0 Å². The Morgan fingerprint density at radius 1 is 1.33 bits per heavy atom. The second-order valence-electron chi connectivity index (χ2n) is 5.40. The van der Waals surface area contributed by atoms with Crippen molar-refractivity contribution in [2.75, 3.05) is 40.3 Å². The van der Waals surface area contributed by atoms with Gasteiger partial charge in [-0.1, -0.05) is 25.1 Å². The van der Waals surface area contributed by atoms with Gasteiger partial charge in [0.2, 0.25) is 0 Å². The maximum absolute atomic E-state index is 12.1. The summed E-state index contributed by atoms with van der Waals surface area (Å²) in [5, 5.41) is 3.53. The maximum atomic E-state index is 12.1. The highest BCUT2D eigenvalue weighted by atomic mass is 16.5. The van der Waals surface area contributed by atoms with Crippen molar-refractivity contribution in [3.05, 3.63) is 29.8 Å². The van der Waals surface area contributed by atoms with Crippen LogP contribution in [0.5, 0.6) is 5.75 Å². The van der Waals surface area contributed by atoms with Gasteiger partial charge in [0.1, 0.15) is 5.75 Å². The van der Waals surface area contributed by atoms with Gasteiger partial charge in [0.05, 0.1) is 13.2 Å². The van der Waals surface area contributed by atoms with E-state index in [1.165, 1.54) is 0 Å². The minimum Gasteiger partial charge on any atom is -0.496 e. The van der Waals surface area contributed by atoms with E-state index in [0.29, 0.717) is 6.54 Å². The van der Waals surface area contributed by atoms with Gasteiger partial charge in [0.15, 0.2) is 0 Å². The van der Waals surface area contributed by atoms with Crippen molar-refractivity contribution in [1.29, 1.82) is 0 Å². The van der Waals surface area contributed by atoms with Gasteiger partial charge in [0, 0.05) is 32.2 Å². The van der Waals surface area contributed by atoms with Crippen LogP contribution in [0.15, 0.2) is 24.3 Å². The van der Waals surface area contributed by atoms with Gasteiger partial charge < -0.3 is 19.9 Å². The number of carbonyl (C=O) groups excluding carboxylic acids is 1. The van der Waals surface area contributed by atoms with E-state index < -0.39 is 0 Å². The Morgan fingerprint density at radius 2 is 2.10 bits per heavy atom. The summed E-state index contributed by atoms with van der Waals surface area (Å²) in [7, 11) is 3.53. The smallest absolute Gasteiger partial charge is 0.319 e. The Labute approximate surface area is 126 Å². The molecule has 0 aliphatic carbocycles. The minimum atomic E-state index is 0.0940. The van der Waals surface area contributed by atoms with Crippen molar-refractivity contribution in [2.45, 2.75) is 19.4 Å². The Morgan fingerprint density at radius 3 is 2.71 bits per heavy atom. The fraction of sp³-hybridized carbons (Fsp3) is 0.562. The fourth-order valence-corrected chi connectivity index (χ4v) is 2.64. The summed E-state index contributed by atoms with van der Waals surface area (Å²) in [5.74, 6) is 0.867. The van der Waals surface area contributed by atoms with Crippen LogP contribution in [0.25, 0.3) is 0 Å². The van der Waals surface area contributed by atoms with Gasteiger partial charge >= 0.3 is 6.03 Å². The third kappa shape index (κ3) is 3.67. The van der Waals surface area contributed by atoms with Crippen molar-refractivity contribution in [3.63, 3.8) is 0 Å². The third-order valence-corrected chi connectivity index (χ3v) is 3.86. The Hall–Kier alpha value is -1.75. The zero-order chi connectivity index (χ0) is 15.2. The van der Waals surface area contributed by atoms with Crippen LogP contribution < -0.4 is 10.1 Å². The highest BCUT2D eigenvalue weighted by Crippen LogP contribution is 2.26. The van der Waals surface area contributed by atoms with Crippen LogP contribution in [0.1, 0.15) is 24.9 Å². The number of methoxy groups -OCH3 is 1. The number of benzene rings is 1. The van der Waals surface area contributed by atoms with Crippen molar-refractivity contribution < 1.29 is 9.53 Å². The summed E-state index contributed by atoms with van der Waals surface area (Å²) in [4.78, 5) is 15.8. The quantitative estimate of drug-likeness (QED) is 0.837. The normalized spacial score (nSPS) is 16.4. The van der Waals surface area contributed by atoms with Crippen LogP contribution in [0.4, 0.5) is 4.79 Å². The average Bonchev–Trinajstić information content (AvgIpc) is 2.83. The summed E-state index contributed by atoms with van der Waals surface area (Å²) in [6, 6.07) is 8.21. The van der Waals surface area contributed by atoms with Crippen molar-refractivity contribution in [1.82, 2.24) is 15.1 Å². The molecular formula is C16H25N3O2. The number of amides is 2. The number of nitrogens with zero attached hydrogens (tertiary/aromatic N) is 2. The second kappa shape index (κ2) is 7.31. The van der Waals surface area contributed by atoms with Crippen LogP contribution in [-0.4, -0.2) is 56.2 Å². The van der Waals surface area contributed by atoms with E-state index in [0.717, 1.165) is 37.4 Å². The van der Waals surface area contributed by atoms with Gasteiger partial charge in [-0.15, -0.1) is 0 Å². The molecule has 0 saturated carbocycles. The van der Waals surface area contributed by atoms with Crippen LogP contribution in [0, 0.1) is 0 Å². The molecule has 1 atom stereocenters. The van der Waals surface area contributed by atoms with E-state index >= 15 is 0 Å². The van der Waals surface area contributed by atoms with E-state index in [1.807, 2.05) is 30.1 Å². The fourth-order valence-electron chi connectivity index (χ4n) is 2.64. The lowest BCUT2D eigenvalue weighted by atomic mass is 10.0. The first kappa shape index (κ1) is 15.6. The number of para-hydroxylation sites is 1. The number of rotatable bonds is 7. The van der Waals surface area contributed by atoms with E-state index in [4.69, 9.17) is 4.74 Å². The van der Waals surface area contributed by atoms with Gasteiger partial charge in [-0.3, -0.25) is 0 Å². The van der Waals surface area contributed by atoms with Crippen molar-refractivity contribution in [3.8, 4) is 5.75 Å². The lowest BCUT2D eigenvalue weighted by Crippen LogP contribution is -2.38. The highest BCUT2D eigenvalue weighted by Gasteiger charge is 2.28. The molecule has 2 rings (SSSR count). The van der Waals surface area contributed by atoms with Gasteiger partial charge in [0.25, 0.3) is 0 Å². The van der Waals surface area contributed by atoms with E-state index in [2.05, 4.69) is 18.3 Å². The topological polar surface area (TPSA) is 44.8 Å². The number of carbonyl (C=O) groups is 1. The molecule has 0 spiro atoms.